The smallest absolute Gasteiger partial charge is 0.219 e. The number of aliphatic imine (C=N–C) groups is 1. The van der Waals surface area contributed by atoms with Crippen molar-refractivity contribution in [1.29, 1.82) is 0 Å². The molecule has 0 aromatic carbocycles. The van der Waals surface area contributed by atoms with Crippen LogP contribution in [0.5, 0.6) is 11.5 Å². The number of nitrogens with zero attached hydrogens (tertiary/aromatic N) is 5. The third-order valence-electron chi connectivity index (χ3n) is 6.08. The van der Waals surface area contributed by atoms with E-state index in [1.807, 2.05) is 30.0 Å². The Labute approximate surface area is 208 Å². The van der Waals surface area contributed by atoms with E-state index < -0.39 is 0 Å². The van der Waals surface area contributed by atoms with Gasteiger partial charge in [0.15, 0.2) is 11.6 Å². The van der Waals surface area contributed by atoms with E-state index in [1.54, 1.807) is 19.3 Å². The van der Waals surface area contributed by atoms with Crippen LogP contribution in [0.3, 0.4) is 0 Å². The van der Waals surface area contributed by atoms with Crippen LogP contribution in [0, 0.1) is 6.92 Å². The number of likely N-dealkylation sites (tertiary alicyclic amines) is 1. The molecular formula is C23H30N6O3S2. The number of rotatable bonds is 7. The average molecular weight is 503 g/mol. The van der Waals surface area contributed by atoms with Crippen LogP contribution in [0.2, 0.25) is 0 Å². The average Bonchev–Trinajstić information content (AvgIpc) is 3.30. The van der Waals surface area contributed by atoms with Gasteiger partial charge in [0.05, 0.1) is 18.8 Å². The Balaban J connectivity index is 1.52. The molecule has 0 atom stereocenters. The fourth-order valence-electron chi connectivity index (χ4n) is 3.87. The van der Waals surface area contributed by atoms with Crippen molar-refractivity contribution in [3.05, 3.63) is 36.3 Å². The van der Waals surface area contributed by atoms with Gasteiger partial charge in [-0.3, -0.25) is 9.78 Å². The molecule has 0 saturated carbocycles. The highest BCUT2D eigenvalue weighted by atomic mass is 32.2. The summed E-state index contributed by atoms with van der Waals surface area (Å²) < 4.78 is 6.18. The summed E-state index contributed by atoms with van der Waals surface area (Å²) in [5.41, 5.74) is 0.725. The van der Waals surface area contributed by atoms with E-state index in [1.165, 1.54) is 23.7 Å². The standard InChI is InChI=1S/C23H30N6O3S2/c1-16-19(5-4-8-24-16)32-20-13-18(33-12-11-30)14-25-22(20)26-21-15-29(27-34-21)23(3)6-9-28(10-7-23)17(2)31/h4-5,8,13-14,27,30H,6-7,9-12,15H2,1-3H3. The van der Waals surface area contributed by atoms with Crippen molar-refractivity contribution in [1.82, 2.24) is 24.7 Å². The Kier molecular flexibility index (Phi) is 8.10. The number of hydrogen-bond donors (Lipinski definition) is 2. The maximum Gasteiger partial charge on any atom is 0.219 e. The second kappa shape index (κ2) is 11.0. The van der Waals surface area contributed by atoms with Crippen molar-refractivity contribution in [2.24, 2.45) is 4.99 Å². The number of amides is 1. The zero-order chi connectivity index (χ0) is 24.1. The number of aliphatic hydroxyl groups is 1. The summed E-state index contributed by atoms with van der Waals surface area (Å²) in [7, 11) is 0. The van der Waals surface area contributed by atoms with Crippen molar-refractivity contribution in [3.63, 3.8) is 0 Å². The van der Waals surface area contributed by atoms with Crippen molar-refractivity contribution in [3.8, 4) is 11.5 Å². The van der Waals surface area contributed by atoms with E-state index in [-0.39, 0.29) is 18.1 Å². The number of piperidine rings is 1. The molecule has 2 aliphatic heterocycles. The molecule has 4 rings (SSSR count). The zero-order valence-electron chi connectivity index (χ0n) is 19.7. The Hall–Kier alpha value is -2.18. The lowest BCUT2D eigenvalue weighted by atomic mass is 9.89. The van der Waals surface area contributed by atoms with E-state index in [0.717, 1.165) is 41.6 Å². The minimum Gasteiger partial charge on any atom is -0.451 e. The van der Waals surface area contributed by atoms with Crippen LogP contribution in [-0.2, 0) is 4.79 Å². The first-order valence-corrected chi connectivity index (χ1v) is 13.0. The van der Waals surface area contributed by atoms with Crippen LogP contribution in [0.15, 0.2) is 40.5 Å². The normalized spacial score (nSPS) is 19.5. The molecule has 2 N–H and O–H groups in total. The molecule has 0 bridgehead atoms. The number of ether oxygens (including phenoxy) is 1. The molecule has 0 radical (unpaired) electrons. The number of hydrazine groups is 1. The second-order valence-electron chi connectivity index (χ2n) is 8.54. The molecule has 0 aliphatic carbocycles. The van der Waals surface area contributed by atoms with Crippen LogP contribution in [-0.4, -0.2) is 73.5 Å². The molecule has 2 aliphatic rings. The number of nitrogens with one attached hydrogen (secondary N) is 1. The van der Waals surface area contributed by atoms with Crippen molar-refractivity contribution < 1.29 is 14.6 Å². The van der Waals surface area contributed by atoms with Gasteiger partial charge in [-0.1, -0.05) is 0 Å². The number of carbonyl (C=O) groups is 1. The van der Waals surface area contributed by atoms with Crippen molar-refractivity contribution >= 4 is 40.5 Å². The SMILES string of the molecule is CC(=O)N1CCC(C)(N2CC(=Nc3ncc(SCCO)cc3Oc3cccnc3C)SN2)CC1. The summed E-state index contributed by atoms with van der Waals surface area (Å²) in [5.74, 6) is 2.41. The summed E-state index contributed by atoms with van der Waals surface area (Å²) >= 11 is 2.99. The van der Waals surface area contributed by atoms with Crippen LogP contribution in [0.25, 0.3) is 0 Å². The number of pyridine rings is 2. The summed E-state index contributed by atoms with van der Waals surface area (Å²) in [6.07, 6.45) is 5.28. The lowest BCUT2D eigenvalue weighted by Gasteiger charge is -2.44. The molecule has 9 nitrogen and oxygen atoms in total. The highest BCUT2D eigenvalue weighted by molar-refractivity contribution is 8.12. The molecular weight excluding hydrogens is 472 g/mol. The monoisotopic (exact) mass is 502 g/mol. The number of carbonyl (C=O) groups excluding carboxylic acids is 1. The fraction of sp³-hybridized carbons (Fsp3) is 0.478. The van der Waals surface area contributed by atoms with Gasteiger partial charge in [0.25, 0.3) is 0 Å². The fourth-order valence-corrected chi connectivity index (χ4v) is 5.35. The van der Waals surface area contributed by atoms with E-state index in [2.05, 4.69) is 26.7 Å². The van der Waals surface area contributed by atoms with Gasteiger partial charge in [0.2, 0.25) is 5.91 Å². The first-order chi connectivity index (χ1) is 16.4. The Morgan fingerprint density at radius 2 is 2.15 bits per heavy atom. The van der Waals surface area contributed by atoms with Crippen LogP contribution in [0.4, 0.5) is 5.82 Å². The van der Waals surface area contributed by atoms with E-state index in [9.17, 15) is 9.90 Å². The number of aliphatic hydroxyl groups excluding tert-OH is 1. The van der Waals surface area contributed by atoms with E-state index in [4.69, 9.17) is 9.73 Å². The predicted molar refractivity (Wildman–Crippen MR) is 136 cm³/mol. The lowest BCUT2D eigenvalue weighted by Crippen LogP contribution is -2.56. The maximum atomic E-state index is 11.7. The van der Waals surface area contributed by atoms with Gasteiger partial charge in [0, 0.05) is 48.6 Å². The largest absolute Gasteiger partial charge is 0.451 e. The van der Waals surface area contributed by atoms with E-state index in [0.29, 0.717) is 29.6 Å². The first-order valence-electron chi connectivity index (χ1n) is 11.2. The Bertz CT molecular complexity index is 1060. The number of hydrogen-bond acceptors (Lipinski definition) is 10. The molecule has 0 spiro atoms. The van der Waals surface area contributed by atoms with Gasteiger partial charge < -0.3 is 14.7 Å². The Morgan fingerprint density at radius 1 is 1.35 bits per heavy atom. The molecule has 2 fully saturated rings. The van der Waals surface area contributed by atoms with Crippen LogP contribution >= 0.6 is 23.7 Å². The summed E-state index contributed by atoms with van der Waals surface area (Å²) in [4.78, 5) is 31.6. The Morgan fingerprint density at radius 3 is 2.85 bits per heavy atom. The highest BCUT2D eigenvalue weighted by Crippen LogP contribution is 2.36. The quantitative estimate of drug-likeness (QED) is 0.434. The third kappa shape index (κ3) is 5.89. The molecule has 1 amide bonds. The van der Waals surface area contributed by atoms with Gasteiger partial charge in [0.1, 0.15) is 10.8 Å². The lowest BCUT2D eigenvalue weighted by molar-refractivity contribution is -0.131. The molecule has 4 heterocycles. The molecule has 11 heteroatoms. The second-order valence-corrected chi connectivity index (χ2v) is 10.6. The zero-order valence-corrected chi connectivity index (χ0v) is 21.3. The molecule has 2 aromatic heterocycles. The minimum absolute atomic E-state index is 0.0550. The minimum atomic E-state index is -0.0550. The van der Waals surface area contributed by atoms with Crippen molar-refractivity contribution in [2.45, 2.75) is 44.0 Å². The van der Waals surface area contributed by atoms with Crippen LogP contribution in [0.1, 0.15) is 32.4 Å². The maximum absolute atomic E-state index is 11.7. The summed E-state index contributed by atoms with van der Waals surface area (Å²) in [6, 6.07) is 5.61. The number of thioether (sulfide) groups is 1. The topological polar surface area (TPSA) is 103 Å². The number of aryl methyl sites for hydroxylation is 1. The van der Waals surface area contributed by atoms with Crippen molar-refractivity contribution in [2.75, 3.05) is 32.0 Å². The van der Waals surface area contributed by atoms with Gasteiger partial charge in [-0.2, -0.15) is 4.83 Å². The summed E-state index contributed by atoms with van der Waals surface area (Å²) in [5, 5.41) is 12.3. The molecule has 182 valence electrons. The van der Waals surface area contributed by atoms with Gasteiger partial charge in [-0.05, 0) is 56.8 Å². The van der Waals surface area contributed by atoms with Gasteiger partial charge >= 0.3 is 0 Å². The summed E-state index contributed by atoms with van der Waals surface area (Å²) in [6.45, 7) is 8.02. The third-order valence-corrected chi connectivity index (χ3v) is 7.79. The first kappa shape index (κ1) is 24.9. The van der Waals surface area contributed by atoms with Gasteiger partial charge in [-0.25, -0.2) is 15.0 Å². The molecule has 2 saturated heterocycles. The van der Waals surface area contributed by atoms with Crippen LogP contribution < -0.4 is 9.57 Å². The molecule has 34 heavy (non-hydrogen) atoms. The van der Waals surface area contributed by atoms with E-state index >= 15 is 0 Å². The highest BCUT2D eigenvalue weighted by Gasteiger charge is 2.39. The predicted octanol–water partition coefficient (Wildman–Crippen LogP) is 3.56. The number of aromatic nitrogens is 2. The molecule has 2 aromatic rings. The molecule has 0 unspecified atom stereocenters. The van der Waals surface area contributed by atoms with Gasteiger partial charge in [-0.15, -0.1) is 11.8 Å².